The van der Waals surface area contributed by atoms with Gasteiger partial charge in [0.25, 0.3) is 5.91 Å². The Hall–Kier alpha value is -3.39. The molecule has 158 valence electrons. The van der Waals surface area contributed by atoms with Crippen LogP contribution in [0.1, 0.15) is 23.6 Å². The van der Waals surface area contributed by atoms with Crippen molar-refractivity contribution >= 4 is 35.2 Å². The van der Waals surface area contributed by atoms with Gasteiger partial charge in [-0.1, -0.05) is 24.3 Å². The number of carbonyl (C=O) groups is 2. The summed E-state index contributed by atoms with van der Waals surface area (Å²) in [5, 5.41) is 2.41. The van der Waals surface area contributed by atoms with Crippen LogP contribution in [0.5, 0.6) is 11.5 Å². The van der Waals surface area contributed by atoms with Crippen LogP contribution in [-0.4, -0.2) is 30.1 Å². The first-order valence-electron chi connectivity index (χ1n) is 9.38. The molecule has 7 nitrogen and oxygen atoms in total. The Morgan fingerprint density at radius 2 is 1.77 bits per heavy atom. The molecule has 0 aliphatic carbocycles. The average Bonchev–Trinajstić information content (AvgIpc) is 2.73. The number of aryl methyl sites for hydroxylation is 1. The van der Waals surface area contributed by atoms with Crippen molar-refractivity contribution in [3.8, 4) is 11.5 Å². The molecule has 0 aliphatic heterocycles. The van der Waals surface area contributed by atoms with Crippen LogP contribution in [0.15, 0.2) is 48.5 Å². The van der Waals surface area contributed by atoms with E-state index in [0.717, 1.165) is 22.4 Å². The molecule has 0 atom stereocenters. The van der Waals surface area contributed by atoms with Crippen LogP contribution in [0.3, 0.4) is 0 Å². The van der Waals surface area contributed by atoms with Crippen molar-refractivity contribution < 1.29 is 19.1 Å². The molecule has 0 fully saturated rings. The molecule has 0 saturated carbocycles. The number of hydrazine groups is 1. The van der Waals surface area contributed by atoms with Crippen LogP contribution in [0.2, 0.25) is 0 Å². The lowest BCUT2D eigenvalue weighted by Crippen LogP contribution is -2.49. The van der Waals surface area contributed by atoms with E-state index in [1.54, 1.807) is 12.1 Å². The first-order valence-corrected chi connectivity index (χ1v) is 9.79. The maximum Gasteiger partial charge on any atom is 0.276 e. The number of hydrogen-bond acceptors (Lipinski definition) is 5. The minimum atomic E-state index is -0.433. The zero-order chi connectivity index (χ0) is 21.9. The molecule has 8 heteroatoms. The van der Waals surface area contributed by atoms with E-state index in [1.165, 1.54) is 6.08 Å². The van der Waals surface area contributed by atoms with E-state index in [2.05, 4.69) is 16.2 Å². The van der Waals surface area contributed by atoms with Gasteiger partial charge in [-0.3, -0.25) is 25.8 Å². The molecule has 0 heterocycles. The Bertz CT molecular complexity index is 926. The Labute approximate surface area is 181 Å². The van der Waals surface area contributed by atoms with E-state index in [4.69, 9.17) is 21.7 Å². The number of carbonyl (C=O) groups excluding carboxylic acids is 2. The molecule has 0 radical (unpaired) electrons. The van der Waals surface area contributed by atoms with Gasteiger partial charge < -0.3 is 9.47 Å². The summed E-state index contributed by atoms with van der Waals surface area (Å²) in [6, 6.07) is 12.9. The third-order valence-electron chi connectivity index (χ3n) is 4.08. The highest BCUT2D eigenvalue weighted by Crippen LogP contribution is 2.20. The van der Waals surface area contributed by atoms with Gasteiger partial charge in [0, 0.05) is 6.08 Å². The highest BCUT2D eigenvalue weighted by atomic mass is 32.1. The highest BCUT2D eigenvalue weighted by Gasteiger charge is 2.07. The van der Waals surface area contributed by atoms with Gasteiger partial charge in [0.1, 0.15) is 11.5 Å². The maximum atomic E-state index is 11.9. The van der Waals surface area contributed by atoms with Crippen molar-refractivity contribution in [2.75, 3.05) is 13.2 Å². The summed E-state index contributed by atoms with van der Waals surface area (Å²) in [4.78, 5) is 23.8. The fourth-order valence-electron chi connectivity index (χ4n) is 2.38. The van der Waals surface area contributed by atoms with Gasteiger partial charge in [0.2, 0.25) is 5.91 Å². The van der Waals surface area contributed by atoms with Crippen LogP contribution < -0.4 is 25.6 Å². The second-order valence-electron chi connectivity index (χ2n) is 6.31. The fraction of sp³-hybridized carbons (Fsp3) is 0.227. The Morgan fingerprint density at radius 1 is 1.03 bits per heavy atom. The molecule has 30 heavy (non-hydrogen) atoms. The van der Waals surface area contributed by atoms with Crippen LogP contribution in [-0.2, 0) is 9.59 Å². The van der Waals surface area contributed by atoms with E-state index < -0.39 is 11.8 Å². The summed E-state index contributed by atoms with van der Waals surface area (Å²) in [5.74, 6) is 0.543. The Morgan fingerprint density at radius 3 is 2.47 bits per heavy atom. The topological polar surface area (TPSA) is 88.7 Å². The molecule has 2 aromatic carbocycles. The molecule has 0 saturated heterocycles. The lowest BCUT2D eigenvalue weighted by molar-refractivity contribution is -0.123. The second-order valence-corrected chi connectivity index (χ2v) is 6.72. The SMILES string of the molecule is CCOc1ccc(/C=C/C(=O)NC(=S)NNC(=O)COc2cccc(C)c2C)cc1. The molecule has 2 amide bonds. The monoisotopic (exact) mass is 427 g/mol. The van der Waals surface area contributed by atoms with Gasteiger partial charge >= 0.3 is 0 Å². The summed E-state index contributed by atoms with van der Waals surface area (Å²) in [5.41, 5.74) is 7.73. The summed E-state index contributed by atoms with van der Waals surface area (Å²) < 4.78 is 10.9. The number of thiocarbonyl (C=S) groups is 1. The Balaban J connectivity index is 1.72. The third-order valence-corrected chi connectivity index (χ3v) is 4.29. The first kappa shape index (κ1) is 22.9. The minimum absolute atomic E-state index is 0.0311. The Kier molecular flexibility index (Phi) is 8.83. The summed E-state index contributed by atoms with van der Waals surface area (Å²) >= 11 is 4.99. The normalized spacial score (nSPS) is 10.4. The number of benzene rings is 2. The fourth-order valence-corrected chi connectivity index (χ4v) is 2.54. The molecule has 0 unspecified atom stereocenters. The van der Waals surface area contributed by atoms with Crippen molar-refractivity contribution in [1.29, 1.82) is 0 Å². The van der Waals surface area contributed by atoms with Crippen molar-refractivity contribution in [2.45, 2.75) is 20.8 Å². The number of hydrogen-bond donors (Lipinski definition) is 3. The molecular formula is C22H25N3O4S. The van der Waals surface area contributed by atoms with E-state index in [0.29, 0.717) is 12.4 Å². The predicted molar refractivity (Wildman–Crippen MR) is 120 cm³/mol. The standard InChI is InChI=1S/C22H25N3O4S/c1-4-28-18-11-8-17(9-12-18)10-13-20(26)23-22(30)25-24-21(27)14-29-19-7-5-6-15(2)16(19)3/h5-13H,4,14H2,1-3H3,(H,24,27)(H2,23,25,26,30)/b13-10+. The number of rotatable bonds is 7. The van der Waals surface area contributed by atoms with Gasteiger partial charge in [-0.25, -0.2) is 0 Å². The first-order chi connectivity index (χ1) is 14.4. The number of amides is 2. The van der Waals surface area contributed by atoms with E-state index >= 15 is 0 Å². The third kappa shape index (κ3) is 7.56. The highest BCUT2D eigenvalue weighted by molar-refractivity contribution is 7.80. The zero-order valence-corrected chi connectivity index (χ0v) is 18.0. The van der Waals surface area contributed by atoms with Crippen LogP contribution in [0, 0.1) is 13.8 Å². The van der Waals surface area contributed by atoms with Gasteiger partial charge in [-0.05, 0) is 74.0 Å². The lowest BCUT2D eigenvalue weighted by atomic mass is 10.1. The van der Waals surface area contributed by atoms with Crippen LogP contribution in [0.4, 0.5) is 0 Å². The van der Waals surface area contributed by atoms with Crippen molar-refractivity contribution in [3.05, 3.63) is 65.2 Å². The molecule has 0 aromatic heterocycles. The smallest absolute Gasteiger partial charge is 0.276 e. The molecule has 2 aromatic rings. The summed E-state index contributed by atoms with van der Waals surface area (Å²) in [7, 11) is 0. The van der Waals surface area contributed by atoms with Crippen molar-refractivity contribution in [3.63, 3.8) is 0 Å². The average molecular weight is 428 g/mol. The second kappa shape index (κ2) is 11.6. The molecule has 0 aliphatic rings. The summed E-state index contributed by atoms with van der Waals surface area (Å²) in [6.07, 6.45) is 2.99. The predicted octanol–water partition coefficient (Wildman–Crippen LogP) is 2.82. The van der Waals surface area contributed by atoms with Gasteiger partial charge in [-0.2, -0.15) is 0 Å². The van der Waals surface area contributed by atoms with E-state index in [9.17, 15) is 9.59 Å². The van der Waals surface area contributed by atoms with Crippen LogP contribution in [0.25, 0.3) is 6.08 Å². The maximum absolute atomic E-state index is 11.9. The van der Waals surface area contributed by atoms with Gasteiger partial charge in [0.15, 0.2) is 11.7 Å². The summed E-state index contributed by atoms with van der Waals surface area (Å²) in [6.45, 7) is 6.21. The lowest BCUT2D eigenvalue weighted by Gasteiger charge is -2.12. The number of nitrogens with one attached hydrogen (secondary N) is 3. The molecule has 3 N–H and O–H groups in total. The van der Waals surface area contributed by atoms with E-state index in [1.807, 2.05) is 57.2 Å². The quantitative estimate of drug-likeness (QED) is 0.358. The molecule has 0 bridgehead atoms. The molecule has 2 rings (SSSR count). The number of ether oxygens (including phenoxy) is 2. The van der Waals surface area contributed by atoms with Gasteiger partial charge in [-0.15, -0.1) is 0 Å². The molecular weight excluding hydrogens is 402 g/mol. The van der Waals surface area contributed by atoms with E-state index in [-0.39, 0.29) is 11.7 Å². The van der Waals surface area contributed by atoms with Gasteiger partial charge in [0.05, 0.1) is 6.61 Å². The van der Waals surface area contributed by atoms with Crippen LogP contribution >= 0.6 is 12.2 Å². The largest absolute Gasteiger partial charge is 0.494 e. The minimum Gasteiger partial charge on any atom is -0.494 e. The zero-order valence-electron chi connectivity index (χ0n) is 17.2. The van der Waals surface area contributed by atoms with Crippen molar-refractivity contribution in [1.82, 2.24) is 16.2 Å². The molecule has 0 spiro atoms. The van der Waals surface area contributed by atoms with Crippen molar-refractivity contribution in [2.24, 2.45) is 0 Å².